The molecule has 1 saturated heterocycles. The van der Waals surface area contributed by atoms with Gasteiger partial charge in [-0.1, -0.05) is 30.3 Å². The van der Waals surface area contributed by atoms with Gasteiger partial charge in [0.1, 0.15) is 5.75 Å². The van der Waals surface area contributed by atoms with E-state index in [-0.39, 0.29) is 0 Å². The number of methoxy groups -OCH3 is 1. The van der Waals surface area contributed by atoms with Gasteiger partial charge in [0.25, 0.3) is 0 Å². The van der Waals surface area contributed by atoms with Gasteiger partial charge in [-0.2, -0.15) is 0 Å². The summed E-state index contributed by atoms with van der Waals surface area (Å²) in [6.07, 6.45) is 0. The third-order valence-electron chi connectivity index (χ3n) is 4.28. The molecule has 0 aromatic heterocycles. The van der Waals surface area contributed by atoms with Gasteiger partial charge in [-0.15, -0.1) is 0 Å². The summed E-state index contributed by atoms with van der Waals surface area (Å²) in [7, 11) is 1.64. The molecule has 138 valence electrons. The standard InChI is InChI=1S/C20H26N4O2/c1-25-19-7-3-6-18(13-19)23-20(21)22-14-16-4-2-5-17(12-16)15-24-8-10-26-11-9-24/h2-7,12-13H,8-11,14-15H2,1H3,(H3,21,22,23). The zero-order valence-corrected chi connectivity index (χ0v) is 15.1. The number of nitrogens with one attached hydrogen (secondary N) is 1. The van der Waals surface area contributed by atoms with E-state index in [4.69, 9.17) is 15.2 Å². The number of aliphatic imine (C=N–C) groups is 1. The fourth-order valence-electron chi connectivity index (χ4n) is 2.91. The number of anilines is 1. The molecule has 6 nitrogen and oxygen atoms in total. The number of ether oxygens (including phenoxy) is 2. The zero-order chi connectivity index (χ0) is 18.2. The first-order chi connectivity index (χ1) is 12.7. The van der Waals surface area contributed by atoms with Gasteiger partial charge >= 0.3 is 0 Å². The second-order valence-corrected chi connectivity index (χ2v) is 6.27. The number of hydrogen-bond donors (Lipinski definition) is 2. The van der Waals surface area contributed by atoms with Crippen LogP contribution in [0.15, 0.2) is 53.5 Å². The Morgan fingerprint density at radius 3 is 2.73 bits per heavy atom. The molecule has 0 aliphatic carbocycles. The Labute approximate surface area is 154 Å². The summed E-state index contributed by atoms with van der Waals surface area (Å²) in [5, 5.41) is 3.09. The maximum Gasteiger partial charge on any atom is 0.193 e. The van der Waals surface area contributed by atoms with Crippen LogP contribution >= 0.6 is 0 Å². The van der Waals surface area contributed by atoms with Crippen molar-refractivity contribution >= 4 is 11.6 Å². The molecular formula is C20H26N4O2. The lowest BCUT2D eigenvalue weighted by Crippen LogP contribution is -2.35. The Hall–Kier alpha value is -2.57. The van der Waals surface area contributed by atoms with Gasteiger partial charge in [-0.25, -0.2) is 4.99 Å². The molecule has 0 unspecified atom stereocenters. The summed E-state index contributed by atoms with van der Waals surface area (Å²) >= 11 is 0. The van der Waals surface area contributed by atoms with Crippen LogP contribution in [0.25, 0.3) is 0 Å². The molecule has 2 aromatic carbocycles. The highest BCUT2D eigenvalue weighted by molar-refractivity contribution is 5.92. The van der Waals surface area contributed by atoms with E-state index < -0.39 is 0 Å². The van der Waals surface area contributed by atoms with E-state index in [0.717, 1.165) is 49.8 Å². The SMILES string of the molecule is COc1cccc(NC(N)=NCc2cccc(CN3CCOCC3)c2)c1. The minimum Gasteiger partial charge on any atom is -0.497 e. The van der Waals surface area contributed by atoms with Crippen LogP contribution in [0.5, 0.6) is 5.75 Å². The van der Waals surface area contributed by atoms with Crippen molar-refractivity contribution in [2.75, 3.05) is 38.7 Å². The molecule has 0 spiro atoms. The second-order valence-electron chi connectivity index (χ2n) is 6.27. The summed E-state index contributed by atoms with van der Waals surface area (Å²) in [5.41, 5.74) is 9.30. The molecule has 1 aliphatic rings. The zero-order valence-electron chi connectivity index (χ0n) is 15.1. The molecule has 3 rings (SSSR count). The number of nitrogens with two attached hydrogens (primary N) is 1. The first-order valence-electron chi connectivity index (χ1n) is 8.82. The van der Waals surface area contributed by atoms with Crippen LogP contribution < -0.4 is 15.8 Å². The van der Waals surface area contributed by atoms with E-state index >= 15 is 0 Å². The number of hydrogen-bond acceptors (Lipinski definition) is 4. The van der Waals surface area contributed by atoms with Crippen LogP contribution in [-0.4, -0.2) is 44.3 Å². The number of nitrogens with zero attached hydrogens (tertiary/aromatic N) is 2. The molecule has 1 fully saturated rings. The predicted octanol–water partition coefficient (Wildman–Crippen LogP) is 2.45. The maximum atomic E-state index is 6.01. The average molecular weight is 354 g/mol. The summed E-state index contributed by atoms with van der Waals surface area (Å²) in [5.74, 6) is 1.16. The summed E-state index contributed by atoms with van der Waals surface area (Å²) < 4.78 is 10.6. The minimum atomic E-state index is 0.386. The van der Waals surface area contributed by atoms with Crippen LogP contribution in [0.3, 0.4) is 0 Å². The normalized spacial score (nSPS) is 15.7. The third kappa shape index (κ3) is 5.47. The summed E-state index contributed by atoms with van der Waals surface area (Å²) in [6, 6.07) is 16.1. The van der Waals surface area contributed by atoms with Crippen molar-refractivity contribution in [1.29, 1.82) is 0 Å². The second kappa shape index (κ2) is 9.22. The Morgan fingerprint density at radius 1 is 1.15 bits per heavy atom. The quantitative estimate of drug-likeness (QED) is 0.616. The molecule has 6 heteroatoms. The summed E-state index contributed by atoms with van der Waals surface area (Å²) in [4.78, 5) is 6.85. The third-order valence-corrected chi connectivity index (χ3v) is 4.28. The fourth-order valence-corrected chi connectivity index (χ4v) is 2.91. The van der Waals surface area contributed by atoms with Gasteiger partial charge in [0, 0.05) is 31.4 Å². The molecule has 1 heterocycles. The topological polar surface area (TPSA) is 72.1 Å². The lowest BCUT2D eigenvalue weighted by atomic mass is 10.1. The highest BCUT2D eigenvalue weighted by Gasteiger charge is 2.10. The van der Waals surface area contributed by atoms with Gasteiger partial charge in [0.15, 0.2) is 5.96 Å². The molecule has 3 N–H and O–H groups in total. The smallest absolute Gasteiger partial charge is 0.193 e. The van der Waals surface area contributed by atoms with E-state index in [1.807, 2.05) is 24.3 Å². The molecule has 0 bridgehead atoms. The Balaban J connectivity index is 1.57. The van der Waals surface area contributed by atoms with Crippen molar-refractivity contribution in [3.63, 3.8) is 0 Å². The molecule has 2 aromatic rings. The van der Waals surface area contributed by atoms with Crippen molar-refractivity contribution in [2.24, 2.45) is 10.7 Å². The molecule has 1 aliphatic heterocycles. The van der Waals surface area contributed by atoms with Crippen molar-refractivity contribution in [2.45, 2.75) is 13.1 Å². The van der Waals surface area contributed by atoms with E-state index in [2.05, 4.69) is 39.5 Å². The van der Waals surface area contributed by atoms with Crippen molar-refractivity contribution in [3.05, 3.63) is 59.7 Å². The first-order valence-corrected chi connectivity index (χ1v) is 8.82. The van der Waals surface area contributed by atoms with Crippen molar-refractivity contribution in [3.8, 4) is 5.75 Å². The maximum absolute atomic E-state index is 6.01. The molecule has 0 amide bonds. The largest absolute Gasteiger partial charge is 0.497 e. The van der Waals surface area contributed by atoms with Gasteiger partial charge in [-0.3, -0.25) is 4.90 Å². The van der Waals surface area contributed by atoms with Gasteiger partial charge in [0.05, 0.1) is 26.9 Å². The van der Waals surface area contributed by atoms with E-state index in [1.54, 1.807) is 7.11 Å². The lowest BCUT2D eigenvalue weighted by molar-refractivity contribution is 0.0342. The van der Waals surface area contributed by atoms with Gasteiger partial charge < -0.3 is 20.5 Å². The Morgan fingerprint density at radius 2 is 1.92 bits per heavy atom. The van der Waals surface area contributed by atoms with Gasteiger partial charge in [0.2, 0.25) is 0 Å². The average Bonchev–Trinajstić information content (AvgIpc) is 2.68. The predicted molar refractivity (Wildman–Crippen MR) is 104 cm³/mol. The molecule has 26 heavy (non-hydrogen) atoms. The van der Waals surface area contributed by atoms with Crippen LogP contribution in [0.2, 0.25) is 0 Å². The molecule has 0 atom stereocenters. The molecular weight excluding hydrogens is 328 g/mol. The highest BCUT2D eigenvalue weighted by Crippen LogP contribution is 2.16. The van der Waals surface area contributed by atoms with Crippen LogP contribution in [0.4, 0.5) is 5.69 Å². The minimum absolute atomic E-state index is 0.386. The van der Waals surface area contributed by atoms with Crippen molar-refractivity contribution < 1.29 is 9.47 Å². The number of rotatable bonds is 6. The van der Waals surface area contributed by atoms with E-state index in [9.17, 15) is 0 Å². The van der Waals surface area contributed by atoms with Crippen LogP contribution in [0, 0.1) is 0 Å². The van der Waals surface area contributed by atoms with E-state index in [1.165, 1.54) is 5.56 Å². The Bertz CT molecular complexity index is 742. The van der Waals surface area contributed by atoms with Crippen LogP contribution in [0.1, 0.15) is 11.1 Å². The first kappa shape index (κ1) is 18.2. The molecule has 0 saturated carbocycles. The van der Waals surface area contributed by atoms with Crippen molar-refractivity contribution in [1.82, 2.24) is 4.90 Å². The number of guanidine groups is 1. The van der Waals surface area contributed by atoms with Crippen LogP contribution in [-0.2, 0) is 17.8 Å². The molecule has 0 radical (unpaired) electrons. The fraction of sp³-hybridized carbons (Fsp3) is 0.350. The van der Waals surface area contributed by atoms with Gasteiger partial charge in [-0.05, 0) is 23.3 Å². The lowest BCUT2D eigenvalue weighted by Gasteiger charge is -2.26. The number of morpholine rings is 1. The highest BCUT2D eigenvalue weighted by atomic mass is 16.5. The monoisotopic (exact) mass is 354 g/mol. The Kier molecular flexibility index (Phi) is 6.46. The summed E-state index contributed by atoms with van der Waals surface area (Å²) in [6.45, 7) is 5.09. The number of benzene rings is 2. The van der Waals surface area contributed by atoms with E-state index in [0.29, 0.717) is 12.5 Å².